The second-order valence-electron chi connectivity index (χ2n) is 5.22. The van der Waals surface area contributed by atoms with E-state index >= 15 is 0 Å². The molecule has 2 amide bonds. The first-order chi connectivity index (χ1) is 11.7. The number of rotatable bonds is 8. The molecule has 2 rings (SSSR count). The molecule has 1 atom stereocenters. The smallest absolute Gasteiger partial charge is 0.338 e. The van der Waals surface area contributed by atoms with E-state index < -0.39 is 12.0 Å². The number of carbonyl (C=O) groups is 2. The SMILES string of the molecule is CCOC(=O)C1=C(CNCCOC)NC(=O)N[C@H]1c1ccccc1. The Morgan fingerprint density at radius 2 is 2.04 bits per heavy atom. The first-order valence-corrected chi connectivity index (χ1v) is 7.89. The summed E-state index contributed by atoms with van der Waals surface area (Å²) in [6, 6.07) is 8.45. The summed E-state index contributed by atoms with van der Waals surface area (Å²) in [5, 5.41) is 8.64. The topological polar surface area (TPSA) is 88.7 Å². The lowest BCUT2D eigenvalue weighted by Crippen LogP contribution is -2.48. The average Bonchev–Trinajstić information content (AvgIpc) is 2.59. The molecular weight excluding hydrogens is 310 g/mol. The van der Waals surface area contributed by atoms with Gasteiger partial charge in [0.2, 0.25) is 0 Å². The third-order valence-electron chi connectivity index (χ3n) is 3.57. The van der Waals surface area contributed by atoms with Gasteiger partial charge in [0.25, 0.3) is 0 Å². The van der Waals surface area contributed by atoms with Crippen molar-refractivity contribution in [3.63, 3.8) is 0 Å². The van der Waals surface area contributed by atoms with Gasteiger partial charge in [-0.1, -0.05) is 30.3 Å². The van der Waals surface area contributed by atoms with Crippen LogP contribution in [0.4, 0.5) is 4.79 Å². The summed E-state index contributed by atoms with van der Waals surface area (Å²) in [7, 11) is 1.61. The van der Waals surface area contributed by atoms with E-state index in [4.69, 9.17) is 9.47 Å². The normalized spacial score (nSPS) is 17.2. The molecule has 0 saturated carbocycles. The Bertz CT molecular complexity index is 601. The predicted octanol–water partition coefficient (Wildman–Crippen LogP) is 1.09. The molecule has 0 saturated heterocycles. The number of hydrogen-bond donors (Lipinski definition) is 3. The number of benzene rings is 1. The van der Waals surface area contributed by atoms with Gasteiger partial charge in [-0.05, 0) is 12.5 Å². The summed E-state index contributed by atoms with van der Waals surface area (Å²) in [6.07, 6.45) is 0. The van der Waals surface area contributed by atoms with Crippen molar-refractivity contribution >= 4 is 12.0 Å². The summed E-state index contributed by atoms with van der Waals surface area (Å²) in [4.78, 5) is 24.5. The van der Waals surface area contributed by atoms with Crippen LogP contribution in [-0.2, 0) is 14.3 Å². The Morgan fingerprint density at radius 1 is 1.29 bits per heavy atom. The highest BCUT2D eigenvalue weighted by Gasteiger charge is 2.33. The fraction of sp³-hybridized carbons (Fsp3) is 0.412. The number of urea groups is 1. The zero-order chi connectivity index (χ0) is 17.4. The second kappa shape index (κ2) is 9.05. The van der Waals surface area contributed by atoms with Gasteiger partial charge in [0.1, 0.15) is 0 Å². The Labute approximate surface area is 141 Å². The molecule has 1 aliphatic rings. The van der Waals surface area contributed by atoms with Crippen molar-refractivity contribution < 1.29 is 19.1 Å². The van der Waals surface area contributed by atoms with Crippen LogP contribution in [0, 0.1) is 0 Å². The van der Waals surface area contributed by atoms with E-state index in [-0.39, 0.29) is 12.6 Å². The Balaban J connectivity index is 2.32. The van der Waals surface area contributed by atoms with E-state index in [1.807, 2.05) is 30.3 Å². The maximum Gasteiger partial charge on any atom is 0.338 e. The van der Waals surface area contributed by atoms with E-state index in [1.54, 1.807) is 14.0 Å². The van der Waals surface area contributed by atoms with Gasteiger partial charge in [0, 0.05) is 25.9 Å². The van der Waals surface area contributed by atoms with Gasteiger partial charge in [0.15, 0.2) is 0 Å². The van der Waals surface area contributed by atoms with Crippen LogP contribution in [0.15, 0.2) is 41.6 Å². The second-order valence-corrected chi connectivity index (χ2v) is 5.22. The number of carbonyl (C=O) groups excluding carboxylic acids is 2. The summed E-state index contributed by atoms with van der Waals surface area (Å²) in [6.45, 7) is 3.50. The summed E-state index contributed by atoms with van der Waals surface area (Å²) >= 11 is 0. The molecule has 7 nitrogen and oxygen atoms in total. The minimum absolute atomic E-state index is 0.266. The van der Waals surface area contributed by atoms with Crippen LogP contribution in [-0.4, -0.2) is 45.4 Å². The van der Waals surface area contributed by atoms with Gasteiger partial charge >= 0.3 is 12.0 Å². The molecule has 0 unspecified atom stereocenters. The number of esters is 1. The quantitative estimate of drug-likeness (QED) is 0.490. The molecule has 0 spiro atoms. The van der Waals surface area contributed by atoms with Crippen molar-refractivity contribution in [3.8, 4) is 0 Å². The highest BCUT2D eigenvalue weighted by Crippen LogP contribution is 2.27. The first kappa shape index (κ1) is 18.0. The van der Waals surface area contributed by atoms with Crippen molar-refractivity contribution in [1.29, 1.82) is 0 Å². The van der Waals surface area contributed by atoms with Gasteiger partial charge in [-0.15, -0.1) is 0 Å². The third-order valence-corrected chi connectivity index (χ3v) is 3.57. The molecule has 7 heteroatoms. The molecule has 0 fully saturated rings. The summed E-state index contributed by atoms with van der Waals surface area (Å²) in [5.74, 6) is -0.442. The van der Waals surface area contributed by atoms with Gasteiger partial charge < -0.3 is 25.4 Å². The first-order valence-electron chi connectivity index (χ1n) is 7.89. The van der Waals surface area contributed by atoms with Crippen molar-refractivity contribution in [2.75, 3.05) is 33.4 Å². The molecule has 0 aromatic heterocycles. The Morgan fingerprint density at radius 3 is 2.71 bits per heavy atom. The fourth-order valence-electron chi connectivity index (χ4n) is 2.49. The molecule has 0 bridgehead atoms. The minimum Gasteiger partial charge on any atom is -0.463 e. The number of ether oxygens (including phenoxy) is 2. The molecule has 1 heterocycles. The van der Waals surface area contributed by atoms with Crippen molar-refractivity contribution in [3.05, 3.63) is 47.2 Å². The standard InChI is InChI=1S/C17H23N3O4/c1-3-24-16(21)14-13(11-18-9-10-23-2)19-17(22)20-15(14)12-7-5-4-6-8-12/h4-8,15,18H,3,9-11H2,1-2H3,(H2,19,20,22)/t15-/m0/s1. The van der Waals surface area contributed by atoms with E-state index in [1.165, 1.54) is 0 Å². The maximum atomic E-state index is 12.5. The van der Waals surface area contributed by atoms with E-state index in [0.717, 1.165) is 5.56 Å². The van der Waals surface area contributed by atoms with Crippen molar-refractivity contribution in [2.45, 2.75) is 13.0 Å². The van der Waals surface area contributed by atoms with Crippen LogP contribution in [0.3, 0.4) is 0 Å². The number of nitrogens with one attached hydrogen (secondary N) is 3. The molecule has 0 aliphatic carbocycles. The van der Waals surface area contributed by atoms with Crippen LogP contribution < -0.4 is 16.0 Å². The molecule has 1 aromatic carbocycles. The van der Waals surface area contributed by atoms with Crippen LogP contribution >= 0.6 is 0 Å². The lowest BCUT2D eigenvalue weighted by Gasteiger charge is -2.29. The van der Waals surface area contributed by atoms with Crippen LogP contribution in [0.2, 0.25) is 0 Å². The third kappa shape index (κ3) is 4.56. The lowest BCUT2D eigenvalue weighted by atomic mass is 9.95. The Kier molecular flexibility index (Phi) is 6.77. The summed E-state index contributed by atoms with van der Waals surface area (Å²) < 4.78 is 10.2. The molecule has 1 aromatic rings. The molecule has 130 valence electrons. The molecule has 0 radical (unpaired) electrons. The van der Waals surface area contributed by atoms with Gasteiger partial charge in [-0.2, -0.15) is 0 Å². The molecule has 1 aliphatic heterocycles. The molecule has 3 N–H and O–H groups in total. The average molecular weight is 333 g/mol. The van der Waals surface area contributed by atoms with Crippen LogP contribution in [0.25, 0.3) is 0 Å². The van der Waals surface area contributed by atoms with Crippen molar-refractivity contribution in [2.24, 2.45) is 0 Å². The zero-order valence-corrected chi connectivity index (χ0v) is 13.9. The highest BCUT2D eigenvalue weighted by atomic mass is 16.5. The minimum atomic E-state index is -0.543. The highest BCUT2D eigenvalue weighted by molar-refractivity contribution is 5.95. The van der Waals surface area contributed by atoms with Gasteiger partial charge in [-0.3, -0.25) is 0 Å². The van der Waals surface area contributed by atoms with Crippen LogP contribution in [0.5, 0.6) is 0 Å². The largest absolute Gasteiger partial charge is 0.463 e. The molecule has 24 heavy (non-hydrogen) atoms. The predicted molar refractivity (Wildman–Crippen MR) is 89.3 cm³/mol. The van der Waals surface area contributed by atoms with Crippen molar-refractivity contribution in [1.82, 2.24) is 16.0 Å². The van der Waals surface area contributed by atoms with E-state index in [9.17, 15) is 9.59 Å². The van der Waals surface area contributed by atoms with Gasteiger partial charge in [0.05, 0.1) is 24.8 Å². The molecular formula is C17H23N3O4. The number of methoxy groups -OCH3 is 1. The fourth-order valence-corrected chi connectivity index (χ4v) is 2.49. The zero-order valence-electron chi connectivity index (χ0n) is 13.9. The van der Waals surface area contributed by atoms with E-state index in [2.05, 4.69) is 16.0 Å². The van der Waals surface area contributed by atoms with Crippen LogP contribution in [0.1, 0.15) is 18.5 Å². The van der Waals surface area contributed by atoms with E-state index in [0.29, 0.717) is 31.0 Å². The van der Waals surface area contributed by atoms with Gasteiger partial charge in [-0.25, -0.2) is 9.59 Å². The lowest BCUT2D eigenvalue weighted by molar-refractivity contribution is -0.139. The summed E-state index contributed by atoms with van der Waals surface area (Å²) in [5.41, 5.74) is 1.75. The number of amides is 2. The monoisotopic (exact) mass is 333 g/mol. The Hall–Kier alpha value is -2.38. The maximum absolute atomic E-state index is 12.5. The number of hydrogen-bond acceptors (Lipinski definition) is 5.